The number of aliphatic hydroxyl groups excluding tert-OH is 1. The Morgan fingerprint density at radius 1 is 1.24 bits per heavy atom. The van der Waals surface area contributed by atoms with E-state index >= 15 is 0 Å². The Kier molecular flexibility index (Phi) is 7.22. The van der Waals surface area contributed by atoms with Crippen LogP contribution in [0.2, 0.25) is 0 Å². The highest BCUT2D eigenvalue weighted by atomic mass is 32.2. The van der Waals surface area contributed by atoms with Gasteiger partial charge in [-0.1, -0.05) is 31.9 Å². The largest absolute Gasteiger partial charge is 0.393 e. The third kappa shape index (κ3) is 4.69. The van der Waals surface area contributed by atoms with Crippen LogP contribution in [0.15, 0.2) is 30.9 Å². The zero-order valence-corrected chi connectivity index (χ0v) is 21.8. The van der Waals surface area contributed by atoms with Gasteiger partial charge in [-0.15, -0.1) is 6.58 Å². The maximum Gasteiger partial charge on any atom is 0.357 e. The van der Waals surface area contributed by atoms with Crippen LogP contribution in [0.5, 0.6) is 0 Å². The molecule has 3 N–H and O–H groups in total. The van der Waals surface area contributed by atoms with Crippen LogP contribution in [0.25, 0.3) is 0 Å². The van der Waals surface area contributed by atoms with E-state index in [2.05, 4.69) is 49.4 Å². The highest BCUT2D eigenvalue weighted by Gasteiger charge is 2.63. The van der Waals surface area contributed by atoms with Crippen molar-refractivity contribution in [2.45, 2.75) is 76.7 Å². The maximum absolute atomic E-state index is 11.4. The van der Waals surface area contributed by atoms with Gasteiger partial charge in [0, 0.05) is 0 Å². The molecule has 2 fully saturated rings. The number of benzene rings is 1. The smallest absolute Gasteiger partial charge is 0.357 e. The van der Waals surface area contributed by atoms with Gasteiger partial charge in [0.2, 0.25) is 0 Å². The molecule has 0 heterocycles. The molecule has 0 amide bonds. The molecule has 0 radical (unpaired) electrons. The number of aryl methyl sites for hydroxylation is 1. The van der Waals surface area contributed by atoms with Gasteiger partial charge in [0.05, 0.1) is 11.8 Å². The van der Waals surface area contributed by atoms with Gasteiger partial charge in [0.15, 0.2) is 0 Å². The third-order valence-electron chi connectivity index (χ3n) is 9.30. The van der Waals surface area contributed by atoms with Crippen molar-refractivity contribution in [2.24, 2.45) is 22.7 Å². The van der Waals surface area contributed by atoms with Gasteiger partial charge < -0.3 is 10.0 Å². The van der Waals surface area contributed by atoms with E-state index in [1.807, 2.05) is 6.07 Å². The second-order valence-electron chi connectivity index (χ2n) is 11.6. The van der Waals surface area contributed by atoms with E-state index in [0.29, 0.717) is 23.4 Å². The standard InChI is InChI=1S/C27H42N2O4S/c1-5-27-15-14-19-17-21(28-34(31,32)33)10-11-22(19)25(27)20(9-7-6-8-16-29(3)4)18-26(2)23(27)12-13-24(26)30/h5,10-11,17,20,23-25,28,30H,1,6-9,12-16,18H2,2-4H3,(H,31,32,33)/t20-,23+,24-,25+,26-,27-/m0/s1. The van der Waals surface area contributed by atoms with Gasteiger partial charge in [-0.3, -0.25) is 9.27 Å². The average Bonchev–Trinajstić information content (AvgIpc) is 3.06. The maximum atomic E-state index is 11.4. The Bertz CT molecular complexity index is 1010. The summed E-state index contributed by atoms with van der Waals surface area (Å²) in [5.74, 6) is 1.18. The summed E-state index contributed by atoms with van der Waals surface area (Å²) in [6.45, 7) is 7.78. The van der Waals surface area contributed by atoms with Gasteiger partial charge in [-0.05, 0) is 117 Å². The van der Waals surface area contributed by atoms with E-state index in [4.69, 9.17) is 0 Å². The van der Waals surface area contributed by atoms with Gasteiger partial charge in [0.1, 0.15) is 0 Å². The lowest BCUT2D eigenvalue weighted by molar-refractivity contribution is -0.0812. The molecule has 34 heavy (non-hydrogen) atoms. The van der Waals surface area contributed by atoms with Crippen LogP contribution >= 0.6 is 0 Å². The molecular formula is C27H42N2O4S. The topological polar surface area (TPSA) is 89.9 Å². The Labute approximate surface area is 205 Å². The average molecular weight is 491 g/mol. The Morgan fingerprint density at radius 2 is 2.00 bits per heavy atom. The Morgan fingerprint density at radius 3 is 2.68 bits per heavy atom. The molecule has 4 rings (SSSR count). The van der Waals surface area contributed by atoms with Gasteiger partial charge in [0.25, 0.3) is 0 Å². The van der Waals surface area contributed by atoms with Crippen LogP contribution in [0.3, 0.4) is 0 Å². The summed E-state index contributed by atoms with van der Waals surface area (Å²) in [5, 5.41) is 11.1. The van der Waals surface area contributed by atoms with Crippen molar-refractivity contribution in [1.29, 1.82) is 0 Å². The van der Waals surface area contributed by atoms with Crippen LogP contribution in [-0.4, -0.2) is 49.7 Å². The SMILES string of the molecule is C=C[C@@]12CCc3cc(NS(=O)(=O)O)ccc3[C@H]1[C@@H](CCCCCN(C)C)C[C@@]1(C)[C@H]2CC[C@@H]1O. The molecule has 1 aromatic rings. The normalized spacial score (nSPS) is 34.9. The Hall–Kier alpha value is -1.41. The lowest BCUT2D eigenvalue weighted by Crippen LogP contribution is -2.54. The summed E-state index contributed by atoms with van der Waals surface area (Å²) in [6.07, 6.45) is 11.4. The summed E-state index contributed by atoms with van der Waals surface area (Å²) in [4.78, 5) is 2.24. The van der Waals surface area contributed by atoms with Crippen molar-refractivity contribution in [3.05, 3.63) is 42.0 Å². The summed E-state index contributed by atoms with van der Waals surface area (Å²) >= 11 is 0. The quantitative estimate of drug-likeness (QED) is 0.257. The van der Waals surface area contributed by atoms with Crippen molar-refractivity contribution in [1.82, 2.24) is 4.90 Å². The van der Waals surface area contributed by atoms with Gasteiger partial charge in [-0.2, -0.15) is 8.42 Å². The Balaban J connectivity index is 1.68. The molecule has 3 aliphatic rings. The van der Waals surface area contributed by atoms with E-state index < -0.39 is 10.3 Å². The van der Waals surface area contributed by atoms with Crippen LogP contribution < -0.4 is 4.72 Å². The van der Waals surface area contributed by atoms with Crippen molar-refractivity contribution < 1.29 is 18.1 Å². The number of rotatable bonds is 9. The molecular weight excluding hydrogens is 448 g/mol. The number of nitrogens with one attached hydrogen (secondary N) is 1. The van der Waals surface area contributed by atoms with Crippen LogP contribution in [0.4, 0.5) is 5.69 Å². The first kappa shape index (κ1) is 25.7. The molecule has 7 heteroatoms. The first-order valence-electron chi connectivity index (χ1n) is 12.8. The minimum Gasteiger partial charge on any atom is -0.393 e. The number of aliphatic hydroxyl groups is 1. The molecule has 0 saturated heterocycles. The van der Waals surface area contributed by atoms with E-state index in [0.717, 1.165) is 50.6 Å². The van der Waals surface area contributed by atoms with E-state index in [1.165, 1.54) is 24.8 Å². The van der Waals surface area contributed by atoms with Crippen LogP contribution in [-0.2, 0) is 16.7 Å². The van der Waals surface area contributed by atoms with Crippen LogP contribution in [0, 0.1) is 22.7 Å². The van der Waals surface area contributed by atoms with Gasteiger partial charge in [-0.25, -0.2) is 0 Å². The fourth-order valence-corrected chi connectivity index (χ4v) is 8.35. The molecule has 0 aliphatic heterocycles. The monoisotopic (exact) mass is 490 g/mol. The third-order valence-corrected chi connectivity index (χ3v) is 9.79. The summed E-state index contributed by atoms with van der Waals surface area (Å²) in [6, 6.07) is 5.73. The number of allylic oxidation sites excluding steroid dienone is 1. The first-order chi connectivity index (χ1) is 16.0. The summed E-state index contributed by atoms with van der Waals surface area (Å²) in [7, 11) is -0.0673. The molecule has 6 atom stereocenters. The number of fused-ring (bicyclic) bond motifs is 5. The molecule has 0 spiro atoms. The second kappa shape index (κ2) is 9.57. The molecule has 2 saturated carbocycles. The fraction of sp³-hybridized carbons (Fsp3) is 0.704. The molecule has 0 bridgehead atoms. The van der Waals surface area contributed by atoms with Crippen molar-refractivity contribution >= 4 is 16.0 Å². The molecule has 6 nitrogen and oxygen atoms in total. The highest BCUT2D eigenvalue weighted by molar-refractivity contribution is 7.87. The zero-order valence-electron chi connectivity index (χ0n) is 21.0. The number of hydrogen-bond donors (Lipinski definition) is 3. The fourth-order valence-electron chi connectivity index (χ4n) is 7.93. The zero-order chi connectivity index (χ0) is 24.7. The van der Waals surface area contributed by atoms with E-state index in [1.54, 1.807) is 6.07 Å². The van der Waals surface area contributed by atoms with Crippen molar-refractivity contribution in [3.63, 3.8) is 0 Å². The molecule has 1 aromatic carbocycles. The molecule has 0 aromatic heterocycles. The predicted octanol–water partition coefficient (Wildman–Crippen LogP) is 5.02. The minimum atomic E-state index is -4.30. The van der Waals surface area contributed by atoms with Crippen molar-refractivity contribution in [3.8, 4) is 0 Å². The second-order valence-corrected chi connectivity index (χ2v) is 12.7. The highest BCUT2D eigenvalue weighted by Crippen LogP contribution is 2.69. The summed E-state index contributed by atoms with van der Waals surface area (Å²) < 4.78 is 34.2. The van der Waals surface area contributed by atoms with Crippen molar-refractivity contribution in [2.75, 3.05) is 25.4 Å². The van der Waals surface area contributed by atoms with E-state index in [9.17, 15) is 18.1 Å². The molecule has 0 unspecified atom stereocenters. The lowest BCUT2D eigenvalue weighted by Gasteiger charge is -2.60. The lowest BCUT2D eigenvalue weighted by atomic mass is 9.44. The predicted molar refractivity (Wildman–Crippen MR) is 137 cm³/mol. The molecule has 190 valence electrons. The minimum absolute atomic E-state index is 0.0518. The first-order valence-corrected chi connectivity index (χ1v) is 14.3. The van der Waals surface area contributed by atoms with E-state index in [-0.39, 0.29) is 16.9 Å². The number of nitrogens with zero attached hydrogens (tertiary/aromatic N) is 1. The number of hydrogen-bond acceptors (Lipinski definition) is 4. The van der Waals surface area contributed by atoms with Crippen LogP contribution in [0.1, 0.15) is 75.3 Å². The molecule has 3 aliphatic carbocycles. The summed E-state index contributed by atoms with van der Waals surface area (Å²) in [5.41, 5.74) is 2.74. The van der Waals surface area contributed by atoms with Gasteiger partial charge >= 0.3 is 10.3 Å². The number of unbranched alkanes of at least 4 members (excludes halogenated alkanes) is 2. The number of anilines is 1.